The number of aliphatic hydroxyl groups excluding tert-OH is 1. The molecule has 104 valence electrons. The molecule has 2 aromatic rings. The van der Waals surface area contributed by atoms with Crippen molar-refractivity contribution >= 4 is 0 Å². The summed E-state index contributed by atoms with van der Waals surface area (Å²) in [7, 11) is 1.70. The van der Waals surface area contributed by atoms with E-state index in [2.05, 4.69) is 32.0 Å². The summed E-state index contributed by atoms with van der Waals surface area (Å²) < 4.78 is 5.34. The molecule has 0 aromatic heterocycles. The lowest BCUT2D eigenvalue weighted by molar-refractivity contribution is 0.180. The number of benzene rings is 2. The maximum Gasteiger partial charge on any atom is 0.119 e. The van der Waals surface area contributed by atoms with Gasteiger partial charge in [-0.25, -0.2) is 0 Å². The summed E-state index contributed by atoms with van der Waals surface area (Å²) in [5, 5.41) is 10.1. The maximum absolute atomic E-state index is 10.1. The van der Waals surface area contributed by atoms with Gasteiger partial charge in [0.2, 0.25) is 0 Å². The predicted octanol–water partition coefficient (Wildman–Crippen LogP) is 3.96. The number of hydrogen-bond acceptors (Lipinski definition) is 2. The van der Waals surface area contributed by atoms with Gasteiger partial charge in [-0.1, -0.05) is 18.2 Å². The molecule has 1 atom stereocenters. The van der Waals surface area contributed by atoms with E-state index in [4.69, 9.17) is 4.74 Å². The number of rotatable bonds is 2. The Kier molecular flexibility index (Phi) is 3.27. The quantitative estimate of drug-likeness (QED) is 0.893. The summed E-state index contributed by atoms with van der Waals surface area (Å²) in [5.41, 5.74) is 7.37. The normalized spacial score (nSPS) is 17.1. The summed E-state index contributed by atoms with van der Waals surface area (Å²) in [6.45, 7) is 4.24. The molecule has 0 saturated carbocycles. The molecule has 2 heteroatoms. The Balaban J connectivity index is 2.20. The van der Waals surface area contributed by atoms with Gasteiger partial charge in [0.05, 0.1) is 13.2 Å². The number of fused-ring (bicyclic) bond motifs is 1. The third-order valence-corrected chi connectivity index (χ3v) is 4.25. The number of aliphatic hydroxyl groups is 1. The van der Waals surface area contributed by atoms with E-state index in [1.165, 1.54) is 27.8 Å². The van der Waals surface area contributed by atoms with E-state index in [0.29, 0.717) is 0 Å². The van der Waals surface area contributed by atoms with Crippen molar-refractivity contribution in [3.8, 4) is 16.9 Å². The Morgan fingerprint density at radius 1 is 1.15 bits per heavy atom. The Morgan fingerprint density at radius 2 is 1.85 bits per heavy atom. The summed E-state index contributed by atoms with van der Waals surface area (Å²) in [5.74, 6) is 0.899. The topological polar surface area (TPSA) is 29.5 Å². The molecule has 0 heterocycles. The monoisotopic (exact) mass is 268 g/mol. The first kappa shape index (κ1) is 13.2. The van der Waals surface area contributed by atoms with Crippen LogP contribution in [0.25, 0.3) is 11.1 Å². The molecule has 1 N–H and O–H groups in total. The fourth-order valence-electron chi connectivity index (χ4n) is 3.33. The Morgan fingerprint density at radius 3 is 2.50 bits per heavy atom. The van der Waals surface area contributed by atoms with Gasteiger partial charge in [-0.15, -0.1) is 0 Å². The average molecular weight is 268 g/mol. The van der Waals surface area contributed by atoms with Crippen molar-refractivity contribution in [3.63, 3.8) is 0 Å². The molecule has 2 aromatic carbocycles. The lowest BCUT2D eigenvalue weighted by Crippen LogP contribution is -1.96. The molecule has 20 heavy (non-hydrogen) atoms. The third kappa shape index (κ3) is 2.01. The second kappa shape index (κ2) is 4.95. The lowest BCUT2D eigenvalue weighted by atomic mass is 9.90. The van der Waals surface area contributed by atoms with Gasteiger partial charge in [-0.05, 0) is 72.2 Å². The number of ether oxygens (including phenoxy) is 1. The van der Waals surface area contributed by atoms with E-state index < -0.39 is 0 Å². The first-order valence-corrected chi connectivity index (χ1v) is 7.07. The van der Waals surface area contributed by atoms with Gasteiger partial charge in [-0.3, -0.25) is 0 Å². The van der Waals surface area contributed by atoms with Gasteiger partial charge in [-0.2, -0.15) is 0 Å². The van der Waals surface area contributed by atoms with E-state index in [1.807, 2.05) is 12.1 Å². The molecule has 0 fully saturated rings. The van der Waals surface area contributed by atoms with Crippen molar-refractivity contribution in [2.24, 2.45) is 0 Å². The van der Waals surface area contributed by atoms with Crippen molar-refractivity contribution in [2.45, 2.75) is 32.8 Å². The number of methoxy groups -OCH3 is 1. The first-order valence-electron chi connectivity index (χ1n) is 7.07. The maximum atomic E-state index is 10.1. The van der Waals surface area contributed by atoms with E-state index in [1.54, 1.807) is 7.11 Å². The van der Waals surface area contributed by atoms with Crippen LogP contribution in [0.3, 0.4) is 0 Å². The molecule has 0 unspecified atom stereocenters. The van der Waals surface area contributed by atoms with Gasteiger partial charge >= 0.3 is 0 Å². The van der Waals surface area contributed by atoms with Crippen LogP contribution >= 0.6 is 0 Å². The van der Waals surface area contributed by atoms with Crippen LogP contribution in [0.15, 0.2) is 30.3 Å². The second-order valence-corrected chi connectivity index (χ2v) is 5.56. The van der Waals surface area contributed by atoms with Gasteiger partial charge in [0, 0.05) is 0 Å². The van der Waals surface area contributed by atoms with Crippen molar-refractivity contribution in [2.75, 3.05) is 7.11 Å². The highest BCUT2D eigenvalue weighted by Crippen LogP contribution is 2.40. The van der Waals surface area contributed by atoms with Crippen LogP contribution < -0.4 is 4.74 Å². The van der Waals surface area contributed by atoms with E-state index in [0.717, 1.165) is 24.2 Å². The molecular weight excluding hydrogens is 248 g/mol. The minimum Gasteiger partial charge on any atom is -0.497 e. The largest absolute Gasteiger partial charge is 0.497 e. The third-order valence-electron chi connectivity index (χ3n) is 4.25. The van der Waals surface area contributed by atoms with Crippen molar-refractivity contribution < 1.29 is 9.84 Å². The standard InChI is InChI=1S/C18H20O2/c1-11-9-13(20-3)10-12(2)18(11)16-6-4-5-15-14(16)7-8-17(15)19/h4-6,9-10,17,19H,7-8H2,1-3H3/t17-/m0/s1. The van der Waals surface area contributed by atoms with Crippen molar-refractivity contribution in [1.29, 1.82) is 0 Å². The summed E-state index contributed by atoms with van der Waals surface area (Å²) in [6.07, 6.45) is 1.49. The molecule has 0 amide bonds. The van der Waals surface area contributed by atoms with Crippen molar-refractivity contribution in [3.05, 3.63) is 52.6 Å². The molecule has 0 radical (unpaired) electrons. The summed E-state index contributed by atoms with van der Waals surface area (Å²) >= 11 is 0. The molecule has 0 saturated heterocycles. The van der Waals surface area contributed by atoms with Crippen LogP contribution in [0.5, 0.6) is 5.75 Å². The highest BCUT2D eigenvalue weighted by atomic mass is 16.5. The minimum atomic E-state index is -0.302. The van der Waals surface area contributed by atoms with Crippen LogP contribution in [-0.2, 0) is 6.42 Å². The fraction of sp³-hybridized carbons (Fsp3) is 0.333. The van der Waals surface area contributed by atoms with Gasteiger partial charge in [0.1, 0.15) is 5.75 Å². The first-order chi connectivity index (χ1) is 9.61. The molecule has 3 rings (SSSR count). The highest BCUT2D eigenvalue weighted by molar-refractivity contribution is 5.76. The van der Waals surface area contributed by atoms with E-state index in [9.17, 15) is 5.11 Å². The van der Waals surface area contributed by atoms with Gasteiger partial charge in [0.15, 0.2) is 0 Å². The summed E-state index contributed by atoms with van der Waals surface area (Å²) in [4.78, 5) is 0. The number of aryl methyl sites for hydroxylation is 2. The molecule has 2 nitrogen and oxygen atoms in total. The van der Waals surface area contributed by atoms with Gasteiger partial charge < -0.3 is 9.84 Å². The van der Waals surface area contributed by atoms with Crippen LogP contribution in [0.1, 0.15) is 34.8 Å². The molecule has 1 aliphatic rings. The average Bonchev–Trinajstić information content (AvgIpc) is 2.81. The Labute approximate surface area is 120 Å². The lowest BCUT2D eigenvalue weighted by Gasteiger charge is -2.16. The molecule has 0 spiro atoms. The zero-order chi connectivity index (χ0) is 14.3. The molecule has 0 aliphatic heterocycles. The fourth-order valence-corrected chi connectivity index (χ4v) is 3.33. The SMILES string of the molecule is COc1cc(C)c(-c2cccc3c2CC[C@@H]3O)c(C)c1. The van der Waals surface area contributed by atoms with Crippen LogP contribution in [0, 0.1) is 13.8 Å². The van der Waals surface area contributed by atoms with Crippen LogP contribution in [0.4, 0.5) is 0 Å². The van der Waals surface area contributed by atoms with Crippen molar-refractivity contribution in [1.82, 2.24) is 0 Å². The highest BCUT2D eigenvalue weighted by Gasteiger charge is 2.24. The second-order valence-electron chi connectivity index (χ2n) is 5.56. The Hall–Kier alpha value is -1.80. The molecular formula is C18H20O2. The van der Waals surface area contributed by atoms with Crippen LogP contribution in [0.2, 0.25) is 0 Å². The van der Waals surface area contributed by atoms with E-state index in [-0.39, 0.29) is 6.10 Å². The smallest absolute Gasteiger partial charge is 0.119 e. The zero-order valence-electron chi connectivity index (χ0n) is 12.2. The van der Waals surface area contributed by atoms with Crippen LogP contribution in [-0.4, -0.2) is 12.2 Å². The number of hydrogen-bond donors (Lipinski definition) is 1. The molecule has 0 bridgehead atoms. The summed E-state index contributed by atoms with van der Waals surface area (Å²) in [6, 6.07) is 10.4. The Bertz CT molecular complexity index is 635. The van der Waals surface area contributed by atoms with Gasteiger partial charge in [0.25, 0.3) is 0 Å². The zero-order valence-corrected chi connectivity index (χ0v) is 12.2. The molecule has 1 aliphatic carbocycles. The van der Waals surface area contributed by atoms with E-state index >= 15 is 0 Å². The minimum absolute atomic E-state index is 0.302. The predicted molar refractivity (Wildman–Crippen MR) is 81.2 cm³/mol.